The molecule has 1 saturated carbocycles. The van der Waals surface area contributed by atoms with Gasteiger partial charge >= 0.3 is 11.8 Å². The first-order valence-electron chi connectivity index (χ1n) is 8.74. The summed E-state index contributed by atoms with van der Waals surface area (Å²) in [6, 6.07) is 6.77. The molecule has 0 radical (unpaired) electrons. The topological polar surface area (TPSA) is 52.7 Å². The third-order valence-corrected chi connectivity index (χ3v) is 4.89. The van der Waals surface area contributed by atoms with Crippen LogP contribution in [0.3, 0.4) is 0 Å². The van der Waals surface area contributed by atoms with Crippen LogP contribution in [0.15, 0.2) is 24.3 Å². The second kappa shape index (κ2) is 7.64. The summed E-state index contributed by atoms with van der Waals surface area (Å²) in [7, 11) is 0. The maximum Gasteiger partial charge on any atom is 0.312 e. The monoisotopic (exact) mass is 333 g/mol. The van der Waals surface area contributed by atoms with Gasteiger partial charge in [0.05, 0.1) is 5.69 Å². The molecule has 5 nitrogen and oxygen atoms in total. The second-order valence-electron chi connectivity index (χ2n) is 6.54. The summed E-state index contributed by atoms with van der Waals surface area (Å²) in [4.78, 5) is 27.9. The summed E-state index contributed by atoms with van der Waals surface area (Å²) in [6.45, 7) is 1.93. The molecule has 130 valence electrons. The van der Waals surface area contributed by atoms with Crippen LogP contribution in [0.5, 0.6) is 0 Å². The number of hydrogen-bond acceptors (Lipinski definition) is 3. The third-order valence-electron chi connectivity index (χ3n) is 4.89. The fourth-order valence-electron chi connectivity index (χ4n) is 3.50. The molecule has 1 aliphatic heterocycles. The molecule has 2 aliphatic rings. The van der Waals surface area contributed by atoms with Crippen LogP contribution < -0.4 is 10.2 Å². The zero-order chi connectivity index (χ0) is 16.9. The van der Waals surface area contributed by atoms with Crippen LogP contribution >= 0.6 is 0 Å². The number of anilines is 1. The first kappa shape index (κ1) is 16.7. The van der Waals surface area contributed by atoms with Gasteiger partial charge in [0.15, 0.2) is 0 Å². The Morgan fingerprint density at radius 3 is 2.33 bits per heavy atom. The highest BCUT2D eigenvalue weighted by Crippen LogP contribution is 2.20. The van der Waals surface area contributed by atoms with Gasteiger partial charge in [0.25, 0.3) is 0 Å². The van der Waals surface area contributed by atoms with Crippen LogP contribution in [0, 0.1) is 5.82 Å². The highest BCUT2D eigenvalue weighted by Gasteiger charge is 2.28. The molecule has 0 spiro atoms. The Morgan fingerprint density at radius 1 is 1.00 bits per heavy atom. The number of halogens is 1. The largest absolute Gasteiger partial charge is 0.366 e. The van der Waals surface area contributed by atoms with Crippen molar-refractivity contribution in [1.82, 2.24) is 10.2 Å². The van der Waals surface area contributed by atoms with Crippen molar-refractivity contribution < 1.29 is 14.0 Å². The van der Waals surface area contributed by atoms with Crippen molar-refractivity contribution in [3.05, 3.63) is 30.1 Å². The summed E-state index contributed by atoms with van der Waals surface area (Å²) in [5, 5.41) is 2.86. The van der Waals surface area contributed by atoms with E-state index in [0.717, 1.165) is 25.7 Å². The maximum atomic E-state index is 13.8. The minimum Gasteiger partial charge on any atom is -0.366 e. The maximum absolute atomic E-state index is 13.8. The number of rotatable bonds is 2. The van der Waals surface area contributed by atoms with Gasteiger partial charge in [-0.2, -0.15) is 0 Å². The lowest BCUT2D eigenvalue weighted by molar-refractivity contribution is -0.146. The highest BCUT2D eigenvalue weighted by molar-refractivity contribution is 6.35. The molecule has 0 atom stereocenters. The molecular formula is C18H24FN3O2. The van der Waals surface area contributed by atoms with E-state index in [4.69, 9.17) is 0 Å². The first-order chi connectivity index (χ1) is 11.6. The van der Waals surface area contributed by atoms with E-state index in [1.807, 2.05) is 4.90 Å². The average molecular weight is 333 g/mol. The summed E-state index contributed by atoms with van der Waals surface area (Å²) in [5.41, 5.74) is 0.552. The van der Waals surface area contributed by atoms with Gasteiger partial charge in [-0.05, 0) is 25.0 Å². The molecule has 1 aromatic rings. The van der Waals surface area contributed by atoms with E-state index in [9.17, 15) is 14.0 Å². The Kier molecular flexibility index (Phi) is 5.33. The highest BCUT2D eigenvalue weighted by atomic mass is 19.1. The van der Waals surface area contributed by atoms with Gasteiger partial charge in [0.2, 0.25) is 0 Å². The molecule has 24 heavy (non-hydrogen) atoms. The Bertz CT molecular complexity index is 594. The first-order valence-corrected chi connectivity index (χ1v) is 8.74. The summed E-state index contributed by atoms with van der Waals surface area (Å²) >= 11 is 0. The third kappa shape index (κ3) is 3.86. The van der Waals surface area contributed by atoms with Gasteiger partial charge in [-0.25, -0.2) is 4.39 Å². The van der Waals surface area contributed by atoms with E-state index < -0.39 is 11.8 Å². The van der Waals surface area contributed by atoms with E-state index in [2.05, 4.69) is 5.32 Å². The van der Waals surface area contributed by atoms with E-state index in [1.165, 1.54) is 12.5 Å². The van der Waals surface area contributed by atoms with Gasteiger partial charge in [0, 0.05) is 32.2 Å². The number of nitrogens with one attached hydrogen (secondary N) is 1. The van der Waals surface area contributed by atoms with Crippen molar-refractivity contribution in [3.8, 4) is 0 Å². The van der Waals surface area contributed by atoms with Crippen LogP contribution in [0.2, 0.25) is 0 Å². The molecule has 3 rings (SSSR count). The van der Waals surface area contributed by atoms with Crippen molar-refractivity contribution in [2.45, 2.75) is 38.1 Å². The molecule has 1 saturated heterocycles. The number of benzene rings is 1. The normalized spacial score (nSPS) is 19.2. The standard InChI is InChI=1S/C18H24FN3O2/c19-15-8-4-5-9-16(15)21-10-12-22(13-11-21)18(24)17(23)20-14-6-2-1-3-7-14/h4-5,8-9,14H,1-3,6-7,10-13H2,(H,20,23). The molecule has 6 heteroatoms. The van der Waals surface area contributed by atoms with Crippen LogP contribution in [0.25, 0.3) is 0 Å². The minimum absolute atomic E-state index is 0.134. The lowest BCUT2D eigenvalue weighted by atomic mass is 9.95. The van der Waals surface area contributed by atoms with Crippen LogP contribution in [0.4, 0.5) is 10.1 Å². The van der Waals surface area contributed by atoms with Crippen LogP contribution in [0.1, 0.15) is 32.1 Å². The number of carbonyl (C=O) groups is 2. The van der Waals surface area contributed by atoms with Crippen LogP contribution in [-0.4, -0.2) is 48.9 Å². The van der Waals surface area contributed by atoms with Gasteiger partial charge in [0.1, 0.15) is 5.82 Å². The zero-order valence-electron chi connectivity index (χ0n) is 13.8. The van der Waals surface area contributed by atoms with E-state index in [-0.39, 0.29) is 11.9 Å². The SMILES string of the molecule is O=C(NC1CCCCC1)C(=O)N1CCN(c2ccccc2F)CC1. The fraction of sp³-hybridized carbons (Fsp3) is 0.556. The molecule has 0 aromatic heterocycles. The summed E-state index contributed by atoms with van der Waals surface area (Å²) in [5.74, 6) is -1.22. The smallest absolute Gasteiger partial charge is 0.312 e. The van der Waals surface area contributed by atoms with E-state index >= 15 is 0 Å². The predicted molar refractivity (Wildman–Crippen MR) is 90.2 cm³/mol. The fourth-order valence-corrected chi connectivity index (χ4v) is 3.50. The number of para-hydroxylation sites is 1. The predicted octanol–water partition coefficient (Wildman–Crippen LogP) is 1.92. The molecule has 0 unspecified atom stereocenters. The quantitative estimate of drug-likeness (QED) is 0.842. The Hall–Kier alpha value is -2.11. The Labute approximate surface area is 141 Å². The minimum atomic E-state index is -0.499. The van der Waals surface area contributed by atoms with Gasteiger partial charge in [-0.1, -0.05) is 31.4 Å². The molecule has 1 aromatic carbocycles. The van der Waals surface area contributed by atoms with Gasteiger partial charge in [-0.3, -0.25) is 9.59 Å². The van der Waals surface area contributed by atoms with Gasteiger partial charge < -0.3 is 15.1 Å². The van der Waals surface area contributed by atoms with Crippen molar-refractivity contribution in [2.24, 2.45) is 0 Å². The number of amides is 2. The number of piperazine rings is 1. The molecule has 2 fully saturated rings. The van der Waals surface area contributed by atoms with Crippen molar-refractivity contribution in [3.63, 3.8) is 0 Å². The number of carbonyl (C=O) groups excluding carboxylic acids is 2. The van der Waals surface area contributed by atoms with Crippen molar-refractivity contribution in [1.29, 1.82) is 0 Å². The lowest BCUT2D eigenvalue weighted by Gasteiger charge is -2.36. The van der Waals surface area contributed by atoms with E-state index in [0.29, 0.717) is 31.9 Å². The molecule has 1 N–H and O–H groups in total. The number of nitrogens with zero attached hydrogens (tertiary/aromatic N) is 2. The molecule has 2 amide bonds. The average Bonchev–Trinajstić information content (AvgIpc) is 2.62. The lowest BCUT2D eigenvalue weighted by Crippen LogP contribution is -2.54. The van der Waals surface area contributed by atoms with E-state index in [1.54, 1.807) is 23.1 Å². The molecular weight excluding hydrogens is 309 g/mol. The van der Waals surface area contributed by atoms with Crippen LogP contribution in [-0.2, 0) is 9.59 Å². The van der Waals surface area contributed by atoms with Crippen molar-refractivity contribution >= 4 is 17.5 Å². The zero-order valence-corrected chi connectivity index (χ0v) is 13.8. The summed E-state index contributed by atoms with van der Waals surface area (Å²) in [6.07, 6.45) is 5.35. The second-order valence-corrected chi connectivity index (χ2v) is 6.54. The Morgan fingerprint density at radius 2 is 1.67 bits per heavy atom. The van der Waals surface area contributed by atoms with Crippen molar-refractivity contribution in [2.75, 3.05) is 31.1 Å². The molecule has 1 heterocycles. The Balaban J connectivity index is 1.51. The van der Waals surface area contributed by atoms with Gasteiger partial charge in [-0.15, -0.1) is 0 Å². The molecule has 0 bridgehead atoms. The molecule has 1 aliphatic carbocycles. The summed E-state index contributed by atoms with van der Waals surface area (Å²) < 4.78 is 13.8. The number of hydrogen-bond donors (Lipinski definition) is 1.